The van der Waals surface area contributed by atoms with E-state index in [0.29, 0.717) is 11.8 Å². The molecule has 2 N–H and O–H groups in total. The predicted octanol–water partition coefficient (Wildman–Crippen LogP) is 5.69. The van der Waals surface area contributed by atoms with E-state index in [9.17, 15) is 0 Å². The number of anilines is 2. The Bertz CT molecular complexity index is 1390. The lowest BCUT2D eigenvalue weighted by atomic mass is 9.94. The van der Waals surface area contributed by atoms with Gasteiger partial charge in [0.05, 0.1) is 16.8 Å². The van der Waals surface area contributed by atoms with Gasteiger partial charge in [-0.3, -0.25) is 9.40 Å². The van der Waals surface area contributed by atoms with E-state index in [4.69, 9.17) is 14.7 Å². The summed E-state index contributed by atoms with van der Waals surface area (Å²) in [6, 6.07) is 12.7. The van der Waals surface area contributed by atoms with E-state index in [1.54, 1.807) is 4.68 Å². The first kappa shape index (κ1) is 26.1. The van der Waals surface area contributed by atoms with Gasteiger partial charge in [-0.25, -0.2) is 4.98 Å². The molecule has 4 aromatic rings. The summed E-state index contributed by atoms with van der Waals surface area (Å²) in [6.45, 7) is 12.6. The van der Waals surface area contributed by atoms with Crippen LogP contribution in [0, 0.1) is 20.8 Å². The average molecular weight is 530 g/mol. The average Bonchev–Trinajstić information content (AvgIpc) is 3.33. The van der Waals surface area contributed by atoms with Crippen LogP contribution in [0.5, 0.6) is 11.6 Å². The Labute approximate surface area is 229 Å². The van der Waals surface area contributed by atoms with Gasteiger partial charge in [0, 0.05) is 56.2 Å². The minimum Gasteiger partial charge on any atom is -0.439 e. The lowest BCUT2D eigenvalue weighted by Gasteiger charge is -2.29. The van der Waals surface area contributed by atoms with E-state index >= 15 is 0 Å². The molecule has 38 heavy (non-hydrogen) atoms. The van der Waals surface area contributed by atoms with Crippen molar-refractivity contribution >= 4 is 23.6 Å². The van der Waals surface area contributed by atoms with Crippen molar-refractivity contribution in [1.82, 2.24) is 25.1 Å². The molecule has 2 aromatic carbocycles. The van der Waals surface area contributed by atoms with Crippen molar-refractivity contribution in [3.63, 3.8) is 0 Å². The largest absolute Gasteiger partial charge is 0.439 e. The van der Waals surface area contributed by atoms with Crippen molar-refractivity contribution < 1.29 is 4.74 Å². The number of ether oxygens (including phenoxy) is 1. The van der Waals surface area contributed by atoms with E-state index in [2.05, 4.69) is 72.0 Å². The molecule has 2 aromatic heterocycles. The van der Waals surface area contributed by atoms with Crippen LogP contribution in [0.25, 0.3) is 11.3 Å². The van der Waals surface area contributed by atoms with Crippen LogP contribution in [0.15, 0.2) is 53.7 Å². The van der Waals surface area contributed by atoms with Crippen molar-refractivity contribution in [2.24, 2.45) is 7.05 Å². The fourth-order valence-electron chi connectivity index (χ4n) is 4.99. The quantitative estimate of drug-likeness (QED) is 0.282. The topological polar surface area (TPSA) is 80.1 Å². The van der Waals surface area contributed by atoms with Gasteiger partial charge < -0.3 is 15.0 Å². The van der Waals surface area contributed by atoms with Gasteiger partial charge >= 0.3 is 0 Å². The smallest absolute Gasteiger partial charge is 0.237 e. The molecule has 198 valence electrons. The zero-order valence-electron chi connectivity index (χ0n) is 22.7. The molecule has 0 aliphatic carbocycles. The minimum absolute atomic E-state index is 0.498. The molecule has 0 atom stereocenters. The van der Waals surface area contributed by atoms with Crippen LogP contribution in [-0.4, -0.2) is 45.9 Å². The molecular weight excluding hydrogens is 494 g/mol. The Morgan fingerprint density at radius 3 is 2.37 bits per heavy atom. The van der Waals surface area contributed by atoms with Crippen LogP contribution in [0.2, 0.25) is 0 Å². The number of rotatable bonds is 8. The van der Waals surface area contributed by atoms with Crippen LogP contribution >= 0.6 is 11.9 Å². The highest BCUT2D eigenvalue weighted by atomic mass is 32.2. The normalized spacial score (nSPS) is 13.6. The highest BCUT2D eigenvalue weighted by Crippen LogP contribution is 2.37. The highest BCUT2D eigenvalue weighted by Gasteiger charge is 2.20. The van der Waals surface area contributed by atoms with Gasteiger partial charge in [0.2, 0.25) is 11.8 Å². The first-order valence-electron chi connectivity index (χ1n) is 13.1. The van der Waals surface area contributed by atoms with E-state index < -0.39 is 0 Å². The van der Waals surface area contributed by atoms with E-state index in [0.717, 1.165) is 60.1 Å². The Kier molecular flexibility index (Phi) is 7.85. The van der Waals surface area contributed by atoms with Crippen LogP contribution in [0.3, 0.4) is 0 Å². The van der Waals surface area contributed by atoms with E-state index in [1.165, 1.54) is 34.3 Å². The maximum Gasteiger partial charge on any atom is 0.237 e. The first-order valence-corrected chi connectivity index (χ1v) is 13.9. The van der Waals surface area contributed by atoms with Gasteiger partial charge in [0.1, 0.15) is 5.75 Å². The number of aromatic nitrogens is 4. The molecule has 1 saturated heterocycles. The third-order valence-electron chi connectivity index (χ3n) is 6.71. The van der Waals surface area contributed by atoms with Gasteiger partial charge in [0.25, 0.3) is 0 Å². The Morgan fingerprint density at radius 1 is 1.03 bits per heavy atom. The monoisotopic (exact) mass is 529 g/mol. The lowest BCUT2D eigenvalue weighted by Crippen LogP contribution is -2.43. The molecule has 0 unspecified atom stereocenters. The molecule has 1 fully saturated rings. The summed E-state index contributed by atoms with van der Waals surface area (Å²) in [7, 11) is 1.90. The third-order valence-corrected chi connectivity index (χ3v) is 7.44. The summed E-state index contributed by atoms with van der Waals surface area (Å²) in [4.78, 5) is 13.2. The number of benzene rings is 2. The summed E-state index contributed by atoms with van der Waals surface area (Å²) in [5.41, 5.74) is 7.84. The number of hydrogen-bond donors (Lipinski definition) is 2. The Morgan fingerprint density at radius 2 is 1.74 bits per heavy atom. The van der Waals surface area contributed by atoms with E-state index in [-0.39, 0.29) is 0 Å². The van der Waals surface area contributed by atoms with E-state index in [1.807, 2.05) is 31.6 Å². The second-order valence-corrected chi connectivity index (χ2v) is 10.6. The van der Waals surface area contributed by atoms with Gasteiger partial charge in [0.15, 0.2) is 0 Å². The fraction of sp³-hybridized carbons (Fsp3) is 0.345. The summed E-state index contributed by atoms with van der Waals surface area (Å²) >= 11 is 1.43. The molecule has 8 nitrogen and oxygen atoms in total. The maximum atomic E-state index is 6.46. The summed E-state index contributed by atoms with van der Waals surface area (Å²) < 4.78 is 11.5. The van der Waals surface area contributed by atoms with Crippen molar-refractivity contribution in [3.8, 4) is 22.9 Å². The second kappa shape index (κ2) is 11.4. The van der Waals surface area contributed by atoms with Crippen LogP contribution in [-0.2, 0) is 13.5 Å². The van der Waals surface area contributed by atoms with Crippen molar-refractivity contribution in [1.29, 1.82) is 0 Å². The highest BCUT2D eigenvalue weighted by molar-refractivity contribution is 8.00. The molecule has 0 spiro atoms. The Hall–Kier alpha value is -3.56. The fourth-order valence-corrected chi connectivity index (χ4v) is 5.59. The molecule has 9 heteroatoms. The van der Waals surface area contributed by atoms with Crippen molar-refractivity contribution in [2.45, 2.75) is 39.0 Å². The number of piperazine rings is 1. The third kappa shape index (κ3) is 5.79. The van der Waals surface area contributed by atoms with Gasteiger partial charge in [-0.2, -0.15) is 10.1 Å². The Balaban J connectivity index is 1.51. The molecule has 3 heterocycles. The number of nitrogens with one attached hydrogen (secondary N) is 2. The molecule has 0 bridgehead atoms. The minimum atomic E-state index is 0.498. The molecule has 1 aliphatic heterocycles. The van der Waals surface area contributed by atoms with Gasteiger partial charge in [-0.1, -0.05) is 24.6 Å². The zero-order chi connectivity index (χ0) is 26.6. The second-order valence-electron chi connectivity index (χ2n) is 9.69. The summed E-state index contributed by atoms with van der Waals surface area (Å²) in [5, 5.41) is 7.66. The maximum absolute atomic E-state index is 6.46. The number of nitrogens with zero attached hydrogens (tertiary/aromatic N) is 5. The number of hydrogen-bond acceptors (Lipinski definition) is 8. The summed E-state index contributed by atoms with van der Waals surface area (Å²) in [5.74, 6) is 1.82. The van der Waals surface area contributed by atoms with Crippen LogP contribution in [0.4, 0.5) is 11.6 Å². The molecule has 1 aliphatic rings. The standard InChI is InChI=1S/C29H35N7OS/c1-6-25-27(26-20(3)15-19(2)16-21(26)4)32-29(34-38-24-17-31-35(5)18-24)33-28(25)37-23-9-7-22(8-10-23)36-13-11-30-12-14-36/h7-10,15-18,30H,6,11-14H2,1-5H3,(H,32,33,34). The lowest BCUT2D eigenvalue weighted by molar-refractivity contribution is 0.456. The van der Waals surface area contributed by atoms with Crippen LogP contribution in [0.1, 0.15) is 29.2 Å². The molecule has 0 amide bonds. The number of aryl methyl sites for hydroxylation is 4. The van der Waals surface area contributed by atoms with Crippen molar-refractivity contribution in [3.05, 3.63) is 71.0 Å². The molecular formula is C29H35N7OS. The SMILES string of the molecule is CCc1c(Oc2ccc(N3CCNCC3)cc2)nc(NSc2cnn(C)c2)nc1-c1c(C)cc(C)cc1C. The van der Waals surface area contributed by atoms with Crippen LogP contribution < -0.4 is 19.7 Å². The molecule has 0 radical (unpaired) electrons. The summed E-state index contributed by atoms with van der Waals surface area (Å²) in [6.07, 6.45) is 4.50. The van der Waals surface area contributed by atoms with Crippen molar-refractivity contribution in [2.75, 3.05) is 35.8 Å². The van der Waals surface area contributed by atoms with Gasteiger partial charge in [-0.05, 0) is 74.5 Å². The zero-order valence-corrected chi connectivity index (χ0v) is 23.5. The van der Waals surface area contributed by atoms with Gasteiger partial charge in [-0.15, -0.1) is 0 Å². The molecule has 0 saturated carbocycles. The molecule has 5 rings (SSSR count). The predicted molar refractivity (Wildman–Crippen MR) is 155 cm³/mol. The first-order chi connectivity index (χ1) is 18.4.